The van der Waals surface area contributed by atoms with Crippen molar-refractivity contribution in [3.05, 3.63) is 0 Å². The molecule has 92 valence electrons. The van der Waals surface area contributed by atoms with Crippen molar-refractivity contribution in [2.24, 2.45) is 5.41 Å². The van der Waals surface area contributed by atoms with Crippen molar-refractivity contribution in [1.29, 1.82) is 0 Å². The number of nitrogens with one attached hydrogen (secondary N) is 1. The molecule has 0 saturated heterocycles. The zero-order chi connectivity index (χ0) is 11.7. The Bertz CT molecular complexity index is 145. The summed E-state index contributed by atoms with van der Waals surface area (Å²) < 4.78 is 5.36. The molecule has 0 aromatic rings. The first-order valence-corrected chi connectivity index (χ1v) is 6.32. The third-order valence-corrected chi connectivity index (χ3v) is 2.28. The van der Waals surface area contributed by atoms with Crippen LogP contribution in [0.15, 0.2) is 0 Å². The Balaban J connectivity index is 3.28. The van der Waals surface area contributed by atoms with Crippen molar-refractivity contribution in [2.75, 3.05) is 26.3 Å². The van der Waals surface area contributed by atoms with Gasteiger partial charge >= 0.3 is 0 Å². The Hall–Kier alpha value is 0.210. The maximum Gasteiger partial charge on any atom is 0.0590 e. The maximum atomic E-state index is 6.20. The summed E-state index contributed by atoms with van der Waals surface area (Å²) in [4.78, 5) is 0. The molecule has 0 aromatic carbocycles. The fourth-order valence-electron chi connectivity index (χ4n) is 1.39. The molecular formula is C12H26ClNO. The summed E-state index contributed by atoms with van der Waals surface area (Å²) in [6.45, 7) is 12.2. The van der Waals surface area contributed by atoms with Gasteiger partial charge in [-0.15, -0.1) is 11.6 Å². The van der Waals surface area contributed by atoms with E-state index in [1.807, 2.05) is 0 Å². The first-order valence-electron chi connectivity index (χ1n) is 5.88. The van der Waals surface area contributed by atoms with E-state index >= 15 is 0 Å². The van der Waals surface area contributed by atoms with Gasteiger partial charge in [0.15, 0.2) is 0 Å². The summed E-state index contributed by atoms with van der Waals surface area (Å²) in [5.74, 6) is 0. The second-order valence-electron chi connectivity index (χ2n) is 5.18. The van der Waals surface area contributed by atoms with Crippen molar-refractivity contribution < 1.29 is 4.74 Å². The molecule has 0 rings (SSSR count). The van der Waals surface area contributed by atoms with Crippen molar-refractivity contribution in [2.45, 2.75) is 45.9 Å². The Morgan fingerprint density at radius 2 is 1.93 bits per heavy atom. The minimum Gasteiger partial charge on any atom is -0.380 e. The molecule has 0 aliphatic carbocycles. The van der Waals surface area contributed by atoms with Gasteiger partial charge in [0.05, 0.1) is 6.61 Å². The molecule has 0 aliphatic rings. The van der Waals surface area contributed by atoms with Gasteiger partial charge in [0.25, 0.3) is 0 Å². The van der Waals surface area contributed by atoms with E-state index in [-0.39, 0.29) is 5.38 Å². The predicted molar refractivity (Wildman–Crippen MR) is 67.7 cm³/mol. The summed E-state index contributed by atoms with van der Waals surface area (Å²) in [6, 6.07) is 0. The molecular weight excluding hydrogens is 210 g/mol. The standard InChI is InChI=1S/C12H26ClNO/c1-5-7-15-8-6-14-10-11(13)9-12(2,3)4/h11,14H,5-10H2,1-4H3. The lowest BCUT2D eigenvalue weighted by atomic mass is 9.90. The van der Waals surface area contributed by atoms with Crippen LogP contribution in [-0.4, -0.2) is 31.7 Å². The van der Waals surface area contributed by atoms with Gasteiger partial charge in [-0.05, 0) is 18.3 Å². The second kappa shape index (κ2) is 8.37. The quantitative estimate of drug-likeness (QED) is 0.516. The summed E-state index contributed by atoms with van der Waals surface area (Å²) in [5.41, 5.74) is 0.312. The van der Waals surface area contributed by atoms with Crippen LogP contribution in [0.25, 0.3) is 0 Å². The van der Waals surface area contributed by atoms with Crippen LogP contribution in [0.4, 0.5) is 0 Å². The lowest BCUT2D eigenvalue weighted by Gasteiger charge is -2.22. The van der Waals surface area contributed by atoms with Crippen molar-refractivity contribution in [3.8, 4) is 0 Å². The third-order valence-electron chi connectivity index (χ3n) is 1.97. The fraction of sp³-hybridized carbons (Fsp3) is 1.00. The Morgan fingerprint density at radius 3 is 2.47 bits per heavy atom. The average Bonchev–Trinajstić information content (AvgIpc) is 2.08. The van der Waals surface area contributed by atoms with E-state index in [1.54, 1.807) is 0 Å². The predicted octanol–water partition coefficient (Wildman–Crippen LogP) is 3.05. The van der Waals surface area contributed by atoms with Crippen LogP contribution in [-0.2, 0) is 4.74 Å². The summed E-state index contributed by atoms with van der Waals surface area (Å²) >= 11 is 6.20. The number of rotatable bonds is 8. The van der Waals surface area contributed by atoms with Crippen LogP contribution in [0.1, 0.15) is 40.5 Å². The van der Waals surface area contributed by atoms with E-state index in [2.05, 4.69) is 33.0 Å². The molecule has 15 heavy (non-hydrogen) atoms. The molecule has 0 fully saturated rings. The minimum atomic E-state index is 0.219. The highest BCUT2D eigenvalue weighted by atomic mass is 35.5. The van der Waals surface area contributed by atoms with E-state index in [0.717, 1.165) is 39.1 Å². The zero-order valence-corrected chi connectivity index (χ0v) is 11.4. The van der Waals surface area contributed by atoms with E-state index < -0.39 is 0 Å². The summed E-state index contributed by atoms with van der Waals surface area (Å²) in [7, 11) is 0. The highest BCUT2D eigenvalue weighted by Gasteiger charge is 2.16. The van der Waals surface area contributed by atoms with Crippen LogP contribution < -0.4 is 5.32 Å². The molecule has 0 saturated carbocycles. The molecule has 0 aliphatic heterocycles. The number of hydrogen-bond donors (Lipinski definition) is 1. The molecule has 0 spiro atoms. The summed E-state index contributed by atoms with van der Waals surface area (Å²) in [6.07, 6.45) is 2.12. The van der Waals surface area contributed by atoms with E-state index in [9.17, 15) is 0 Å². The molecule has 1 N–H and O–H groups in total. The molecule has 1 atom stereocenters. The number of alkyl halides is 1. The van der Waals surface area contributed by atoms with Gasteiger partial charge in [0, 0.05) is 25.1 Å². The van der Waals surface area contributed by atoms with E-state index in [1.165, 1.54) is 0 Å². The Labute approximate surface area is 99.7 Å². The lowest BCUT2D eigenvalue weighted by molar-refractivity contribution is 0.136. The lowest BCUT2D eigenvalue weighted by Crippen LogP contribution is -2.29. The normalized spacial score (nSPS) is 14.2. The smallest absolute Gasteiger partial charge is 0.0590 e. The SMILES string of the molecule is CCCOCCNCC(Cl)CC(C)(C)C. The van der Waals surface area contributed by atoms with Crippen molar-refractivity contribution >= 4 is 11.6 Å². The molecule has 2 nitrogen and oxygen atoms in total. The van der Waals surface area contributed by atoms with Gasteiger partial charge in [-0.25, -0.2) is 0 Å². The highest BCUT2D eigenvalue weighted by molar-refractivity contribution is 6.20. The third kappa shape index (κ3) is 12.1. The molecule has 3 heteroatoms. The highest BCUT2D eigenvalue weighted by Crippen LogP contribution is 2.22. The number of halogens is 1. The van der Waals surface area contributed by atoms with Gasteiger partial charge in [0.2, 0.25) is 0 Å². The topological polar surface area (TPSA) is 21.3 Å². The van der Waals surface area contributed by atoms with Crippen molar-refractivity contribution in [1.82, 2.24) is 5.32 Å². The molecule has 0 heterocycles. The zero-order valence-electron chi connectivity index (χ0n) is 10.6. The average molecular weight is 236 g/mol. The Kier molecular flexibility index (Phi) is 8.49. The van der Waals surface area contributed by atoms with E-state index in [4.69, 9.17) is 16.3 Å². The first-order chi connectivity index (χ1) is 6.95. The number of ether oxygens (including phenoxy) is 1. The van der Waals surface area contributed by atoms with Gasteiger partial charge in [-0.2, -0.15) is 0 Å². The molecule has 1 unspecified atom stereocenters. The summed E-state index contributed by atoms with van der Waals surface area (Å²) in [5, 5.41) is 3.53. The first kappa shape index (κ1) is 15.2. The van der Waals surface area contributed by atoms with Crippen LogP contribution in [0.5, 0.6) is 0 Å². The molecule has 0 radical (unpaired) electrons. The van der Waals surface area contributed by atoms with Crippen LogP contribution in [0.2, 0.25) is 0 Å². The second-order valence-corrected chi connectivity index (χ2v) is 5.80. The Morgan fingerprint density at radius 1 is 1.27 bits per heavy atom. The monoisotopic (exact) mass is 235 g/mol. The van der Waals surface area contributed by atoms with Gasteiger partial charge in [-0.1, -0.05) is 27.7 Å². The molecule has 0 amide bonds. The molecule has 0 bridgehead atoms. The van der Waals surface area contributed by atoms with E-state index in [0.29, 0.717) is 5.41 Å². The number of hydrogen-bond acceptors (Lipinski definition) is 2. The van der Waals surface area contributed by atoms with Gasteiger partial charge in [-0.3, -0.25) is 0 Å². The maximum absolute atomic E-state index is 6.20. The van der Waals surface area contributed by atoms with Crippen LogP contribution in [0.3, 0.4) is 0 Å². The largest absolute Gasteiger partial charge is 0.380 e. The van der Waals surface area contributed by atoms with Gasteiger partial charge in [0.1, 0.15) is 0 Å². The fourth-order valence-corrected chi connectivity index (χ4v) is 1.96. The van der Waals surface area contributed by atoms with Crippen LogP contribution in [0, 0.1) is 5.41 Å². The minimum absolute atomic E-state index is 0.219. The molecule has 0 aromatic heterocycles. The van der Waals surface area contributed by atoms with Gasteiger partial charge < -0.3 is 10.1 Å². The van der Waals surface area contributed by atoms with Crippen LogP contribution >= 0.6 is 11.6 Å². The van der Waals surface area contributed by atoms with Crippen molar-refractivity contribution in [3.63, 3.8) is 0 Å².